The van der Waals surface area contributed by atoms with Crippen LogP contribution in [0, 0.1) is 21.4 Å². The Morgan fingerprint density at radius 2 is 2.21 bits per heavy atom. The molecule has 0 aliphatic heterocycles. The van der Waals surface area contributed by atoms with E-state index in [-0.39, 0.29) is 5.69 Å². The van der Waals surface area contributed by atoms with Crippen molar-refractivity contribution in [1.82, 2.24) is 0 Å². The van der Waals surface area contributed by atoms with Crippen LogP contribution in [0.15, 0.2) is 29.8 Å². The highest BCUT2D eigenvalue weighted by atomic mass is 16.6. The van der Waals surface area contributed by atoms with Crippen molar-refractivity contribution < 1.29 is 4.92 Å². The van der Waals surface area contributed by atoms with Gasteiger partial charge in [0.05, 0.1) is 16.6 Å². The molecule has 1 aromatic carbocycles. The maximum atomic E-state index is 10.6. The summed E-state index contributed by atoms with van der Waals surface area (Å²) in [5.74, 6) is 0. The first-order valence-corrected chi connectivity index (χ1v) is 3.97. The third kappa shape index (κ3) is 2.17. The number of benzene rings is 1. The number of nitriles is 1. The van der Waals surface area contributed by atoms with Crippen LogP contribution in [0.25, 0.3) is 6.08 Å². The number of hydrogen-bond acceptors (Lipinski definition) is 3. The van der Waals surface area contributed by atoms with Gasteiger partial charge >= 0.3 is 0 Å². The van der Waals surface area contributed by atoms with Gasteiger partial charge in [-0.2, -0.15) is 5.26 Å². The lowest BCUT2D eigenvalue weighted by Gasteiger charge is -1.96. The highest BCUT2D eigenvalue weighted by Crippen LogP contribution is 2.20. The molecule has 0 bridgehead atoms. The van der Waals surface area contributed by atoms with E-state index in [0.29, 0.717) is 11.1 Å². The number of rotatable bonds is 2. The molecule has 0 saturated heterocycles. The zero-order chi connectivity index (χ0) is 10.6. The Labute approximate surface area is 81.2 Å². The second kappa shape index (κ2) is 4.19. The SMILES string of the molecule is C/C(C#N)=C/c1ccccc1[N+](=O)[O-]. The Kier molecular flexibility index (Phi) is 2.97. The van der Waals surface area contributed by atoms with Crippen molar-refractivity contribution in [3.8, 4) is 6.07 Å². The summed E-state index contributed by atoms with van der Waals surface area (Å²) in [6.07, 6.45) is 1.50. The molecule has 0 amide bonds. The average molecular weight is 188 g/mol. The van der Waals surface area contributed by atoms with Crippen LogP contribution in [0.4, 0.5) is 5.69 Å². The molecule has 0 N–H and O–H groups in total. The standard InChI is InChI=1S/C10H8N2O2/c1-8(7-11)6-9-4-2-3-5-10(9)12(13)14/h2-6H,1H3/b8-6-. The van der Waals surface area contributed by atoms with E-state index >= 15 is 0 Å². The molecule has 0 aliphatic rings. The molecule has 0 aliphatic carbocycles. The largest absolute Gasteiger partial charge is 0.276 e. The molecule has 0 radical (unpaired) electrons. The van der Waals surface area contributed by atoms with E-state index in [1.165, 1.54) is 12.1 Å². The zero-order valence-electron chi connectivity index (χ0n) is 7.60. The first-order chi connectivity index (χ1) is 6.65. The summed E-state index contributed by atoms with van der Waals surface area (Å²) >= 11 is 0. The molecule has 0 fully saturated rings. The molecular weight excluding hydrogens is 180 g/mol. The monoisotopic (exact) mass is 188 g/mol. The lowest BCUT2D eigenvalue weighted by atomic mass is 10.1. The van der Waals surface area contributed by atoms with Gasteiger partial charge < -0.3 is 0 Å². The van der Waals surface area contributed by atoms with Crippen LogP contribution in [0.3, 0.4) is 0 Å². The fourth-order valence-electron chi connectivity index (χ4n) is 1.04. The number of nitro benzene ring substituents is 1. The van der Waals surface area contributed by atoms with Gasteiger partial charge in [-0.05, 0) is 19.1 Å². The smallest absolute Gasteiger partial charge is 0.258 e. The summed E-state index contributed by atoms with van der Waals surface area (Å²) in [5.41, 5.74) is 0.915. The molecule has 14 heavy (non-hydrogen) atoms. The van der Waals surface area contributed by atoms with Crippen molar-refractivity contribution in [2.24, 2.45) is 0 Å². The van der Waals surface area contributed by atoms with E-state index in [4.69, 9.17) is 5.26 Å². The van der Waals surface area contributed by atoms with E-state index in [2.05, 4.69) is 0 Å². The van der Waals surface area contributed by atoms with Gasteiger partial charge in [0.25, 0.3) is 5.69 Å². The number of nitro groups is 1. The second-order valence-electron chi connectivity index (χ2n) is 2.76. The maximum absolute atomic E-state index is 10.6. The summed E-state index contributed by atoms with van der Waals surface area (Å²) in [6, 6.07) is 8.23. The van der Waals surface area contributed by atoms with E-state index in [0.717, 1.165) is 0 Å². The molecule has 0 aromatic heterocycles. The van der Waals surface area contributed by atoms with Gasteiger partial charge in [-0.3, -0.25) is 10.1 Å². The van der Waals surface area contributed by atoms with Crippen molar-refractivity contribution in [2.45, 2.75) is 6.92 Å². The lowest BCUT2D eigenvalue weighted by molar-refractivity contribution is -0.385. The van der Waals surface area contributed by atoms with Gasteiger partial charge in [0, 0.05) is 11.6 Å². The van der Waals surface area contributed by atoms with Gasteiger partial charge in [0.15, 0.2) is 0 Å². The highest BCUT2D eigenvalue weighted by molar-refractivity contribution is 5.64. The van der Waals surface area contributed by atoms with Crippen LogP contribution in [0.5, 0.6) is 0 Å². The van der Waals surface area contributed by atoms with Crippen molar-refractivity contribution in [1.29, 1.82) is 5.26 Å². The fourth-order valence-corrected chi connectivity index (χ4v) is 1.04. The van der Waals surface area contributed by atoms with Crippen molar-refractivity contribution in [2.75, 3.05) is 0 Å². The molecule has 1 rings (SSSR count). The van der Waals surface area contributed by atoms with E-state index in [1.807, 2.05) is 6.07 Å². The Hall–Kier alpha value is -2.15. The minimum atomic E-state index is -0.462. The Balaban J connectivity index is 3.22. The van der Waals surface area contributed by atoms with Crippen molar-refractivity contribution >= 4 is 11.8 Å². The maximum Gasteiger partial charge on any atom is 0.276 e. The summed E-state index contributed by atoms with van der Waals surface area (Å²) in [6.45, 7) is 1.61. The third-order valence-electron chi connectivity index (χ3n) is 1.68. The molecule has 0 atom stereocenters. The lowest BCUT2D eigenvalue weighted by Crippen LogP contribution is -1.90. The Bertz CT molecular complexity index is 430. The molecule has 1 aromatic rings. The van der Waals surface area contributed by atoms with Crippen LogP contribution in [0.2, 0.25) is 0 Å². The van der Waals surface area contributed by atoms with Crippen LogP contribution >= 0.6 is 0 Å². The number of para-hydroxylation sites is 1. The minimum Gasteiger partial charge on any atom is -0.258 e. The van der Waals surface area contributed by atoms with E-state index in [1.54, 1.807) is 25.1 Å². The molecular formula is C10H8N2O2. The fraction of sp³-hybridized carbons (Fsp3) is 0.100. The minimum absolute atomic E-state index is 0.0158. The van der Waals surface area contributed by atoms with Crippen LogP contribution in [-0.4, -0.2) is 4.92 Å². The summed E-state index contributed by atoms with van der Waals surface area (Å²) < 4.78 is 0. The summed E-state index contributed by atoms with van der Waals surface area (Å²) in [7, 11) is 0. The van der Waals surface area contributed by atoms with Crippen molar-refractivity contribution in [3.05, 3.63) is 45.5 Å². The van der Waals surface area contributed by atoms with Crippen molar-refractivity contribution in [3.63, 3.8) is 0 Å². The third-order valence-corrected chi connectivity index (χ3v) is 1.68. The van der Waals surface area contributed by atoms with Crippen LogP contribution in [0.1, 0.15) is 12.5 Å². The normalized spacial score (nSPS) is 10.7. The second-order valence-corrected chi connectivity index (χ2v) is 2.76. The molecule has 0 saturated carbocycles. The first kappa shape index (κ1) is 9.93. The Morgan fingerprint density at radius 3 is 2.79 bits per heavy atom. The van der Waals surface area contributed by atoms with E-state index in [9.17, 15) is 10.1 Å². The predicted octanol–water partition coefficient (Wildman–Crippen LogP) is 2.52. The average Bonchev–Trinajstić information content (AvgIpc) is 2.18. The molecule has 4 nitrogen and oxygen atoms in total. The first-order valence-electron chi connectivity index (χ1n) is 3.97. The summed E-state index contributed by atoms with van der Waals surface area (Å²) in [5, 5.41) is 19.1. The molecule has 70 valence electrons. The Morgan fingerprint density at radius 1 is 1.57 bits per heavy atom. The molecule has 4 heteroatoms. The number of nitrogens with zero attached hydrogens (tertiary/aromatic N) is 2. The quantitative estimate of drug-likeness (QED) is 0.407. The molecule has 0 heterocycles. The highest BCUT2D eigenvalue weighted by Gasteiger charge is 2.09. The zero-order valence-corrected chi connectivity index (χ0v) is 7.60. The van der Waals surface area contributed by atoms with Gasteiger partial charge in [-0.15, -0.1) is 0 Å². The topological polar surface area (TPSA) is 66.9 Å². The van der Waals surface area contributed by atoms with Gasteiger partial charge in [-0.1, -0.05) is 12.1 Å². The summed E-state index contributed by atoms with van der Waals surface area (Å²) in [4.78, 5) is 10.1. The molecule has 0 spiro atoms. The van der Waals surface area contributed by atoms with Gasteiger partial charge in [-0.25, -0.2) is 0 Å². The van der Waals surface area contributed by atoms with E-state index < -0.39 is 4.92 Å². The van der Waals surface area contributed by atoms with Gasteiger partial charge in [0.1, 0.15) is 0 Å². The van der Waals surface area contributed by atoms with Crippen LogP contribution < -0.4 is 0 Å². The number of hydrogen-bond donors (Lipinski definition) is 0. The van der Waals surface area contributed by atoms with Crippen LogP contribution in [-0.2, 0) is 0 Å². The predicted molar refractivity (Wildman–Crippen MR) is 52.4 cm³/mol. The molecule has 0 unspecified atom stereocenters. The number of allylic oxidation sites excluding steroid dienone is 1. The van der Waals surface area contributed by atoms with Gasteiger partial charge in [0.2, 0.25) is 0 Å².